The third-order valence-electron chi connectivity index (χ3n) is 3.04. The standard InChI is InChI=1S/C13H13F3N2O2/c14-13(15,16)9-4-1-3-8(7-9)11(19)18-10-5-2-6-17-12(10)20/h1,3-4,7,10H,2,5-6H2,(H,17,20)(H,18,19)/t10-/m0/s1. The minimum Gasteiger partial charge on any atom is -0.354 e. The molecule has 0 unspecified atom stereocenters. The Bertz CT molecular complexity index is 529. The van der Waals surface area contributed by atoms with Crippen molar-refractivity contribution in [3.8, 4) is 0 Å². The highest BCUT2D eigenvalue weighted by Crippen LogP contribution is 2.29. The van der Waals surface area contributed by atoms with Gasteiger partial charge in [-0.3, -0.25) is 9.59 Å². The number of alkyl halides is 3. The third kappa shape index (κ3) is 3.28. The highest BCUT2D eigenvalue weighted by atomic mass is 19.4. The predicted octanol–water partition coefficient (Wildman–Crippen LogP) is 1.71. The van der Waals surface area contributed by atoms with Crippen LogP contribution in [0.15, 0.2) is 24.3 Å². The Morgan fingerprint density at radius 1 is 1.35 bits per heavy atom. The molecule has 0 aromatic heterocycles. The van der Waals surface area contributed by atoms with Gasteiger partial charge in [0, 0.05) is 12.1 Å². The molecule has 108 valence electrons. The zero-order valence-electron chi connectivity index (χ0n) is 10.5. The molecule has 1 heterocycles. The summed E-state index contributed by atoms with van der Waals surface area (Å²) in [6.45, 7) is 0.550. The van der Waals surface area contributed by atoms with Crippen LogP contribution in [0.2, 0.25) is 0 Å². The second-order valence-corrected chi connectivity index (χ2v) is 4.54. The van der Waals surface area contributed by atoms with Gasteiger partial charge in [0.05, 0.1) is 5.56 Å². The van der Waals surface area contributed by atoms with Crippen molar-refractivity contribution in [2.75, 3.05) is 6.54 Å². The summed E-state index contributed by atoms with van der Waals surface area (Å²) < 4.78 is 37.7. The van der Waals surface area contributed by atoms with E-state index < -0.39 is 23.7 Å². The normalized spacial score (nSPS) is 19.4. The van der Waals surface area contributed by atoms with Crippen molar-refractivity contribution in [2.45, 2.75) is 25.1 Å². The van der Waals surface area contributed by atoms with E-state index >= 15 is 0 Å². The van der Waals surface area contributed by atoms with E-state index in [1.165, 1.54) is 12.1 Å². The molecule has 0 radical (unpaired) electrons. The summed E-state index contributed by atoms with van der Waals surface area (Å²) >= 11 is 0. The van der Waals surface area contributed by atoms with Gasteiger partial charge in [0.2, 0.25) is 5.91 Å². The van der Waals surface area contributed by atoms with Crippen molar-refractivity contribution in [1.29, 1.82) is 0 Å². The van der Waals surface area contributed by atoms with Gasteiger partial charge >= 0.3 is 6.18 Å². The van der Waals surface area contributed by atoms with Crippen LogP contribution in [0.3, 0.4) is 0 Å². The highest BCUT2D eigenvalue weighted by molar-refractivity contribution is 5.97. The van der Waals surface area contributed by atoms with E-state index in [2.05, 4.69) is 10.6 Å². The average Bonchev–Trinajstić information content (AvgIpc) is 2.40. The Morgan fingerprint density at radius 3 is 2.75 bits per heavy atom. The second-order valence-electron chi connectivity index (χ2n) is 4.54. The molecule has 7 heteroatoms. The van der Waals surface area contributed by atoms with Gasteiger partial charge in [0.15, 0.2) is 0 Å². The van der Waals surface area contributed by atoms with Crippen LogP contribution in [0.4, 0.5) is 13.2 Å². The van der Waals surface area contributed by atoms with Crippen molar-refractivity contribution >= 4 is 11.8 Å². The van der Waals surface area contributed by atoms with Crippen LogP contribution in [0.25, 0.3) is 0 Å². The average molecular weight is 286 g/mol. The first-order valence-electron chi connectivity index (χ1n) is 6.14. The van der Waals surface area contributed by atoms with Crippen molar-refractivity contribution in [1.82, 2.24) is 10.6 Å². The number of hydrogen-bond donors (Lipinski definition) is 2. The van der Waals surface area contributed by atoms with Crippen LogP contribution >= 0.6 is 0 Å². The summed E-state index contributed by atoms with van der Waals surface area (Å²) in [5.41, 5.74) is -1.00. The second kappa shape index (κ2) is 5.52. The molecule has 0 saturated carbocycles. The lowest BCUT2D eigenvalue weighted by Gasteiger charge is -2.22. The monoisotopic (exact) mass is 286 g/mol. The molecular weight excluding hydrogens is 273 g/mol. The molecule has 1 fully saturated rings. The summed E-state index contributed by atoms with van der Waals surface area (Å²) in [4.78, 5) is 23.4. The molecular formula is C13H13F3N2O2. The molecule has 1 aromatic carbocycles. The van der Waals surface area contributed by atoms with E-state index in [9.17, 15) is 22.8 Å². The lowest BCUT2D eigenvalue weighted by atomic mass is 10.1. The van der Waals surface area contributed by atoms with Crippen molar-refractivity contribution in [3.05, 3.63) is 35.4 Å². The fourth-order valence-corrected chi connectivity index (χ4v) is 1.99. The van der Waals surface area contributed by atoms with Crippen LogP contribution < -0.4 is 10.6 Å². The van der Waals surface area contributed by atoms with Gasteiger partial charge in [-0.2, -0.15) is 13.2 Å². The summed E-state index contributed by atoms with van der Waals surface area (Å²) in [5, 5.41) is 5.04. The van der Waals surface area contributed by atoms with Crippen LogP contribution in [0, 0.1) is 0 Å². The molecule has 1 aliphatic heterocycles. The molecule has 4 nitrogen and oxygen atoms in total. The maximum atomic E-state index is 12.6. The Kier molecular flexibility index (Phi) is 3.96. The van der Waals surface area contributed by atoms with Crippen molar-refractivity contribution in [2.24, 2.45) is 0 Å². The van der Waals surface area contributed by atoms with Crippen LogP contribution in [-0.4, -0.2) is 24.4 Å². The van der Waals surface area contributed by atoms with Crippen molar-refractivity contribution in [3.63, 3.8) is 0 Å². The number of amides is 2. The van der Waals surface area contributed by atoms with E-state index in [-0.39, 0.29) is 11.5 Å². The van der Waals surface area contributed by atoms with E-state index in [0.717, 1.165) is 18.6 Å². The Morgan fingerprint density at radius 2 is 2.10 bits per heavy atom. The topological polar surface area (TPSA) is 58.2 Å². The summed E-state index contributed by atoms with van der Waals surface area (Å²) in [6.07, 6.45) is -3.30. The zero-order chi connectivity index (χ0) is 14.8. The van der Waals surface area contributed by atoms with Crippen LogP contribution in [0.1, 0.15) is 28.8 Å². The summed E-state index contributed by atoms with van der Waals surface area (Å²) in [5.74, 6) is -0.991. The lowest BCUT2D eigenvalue weighted by Crippen LogP contribution is -2.50. The Labute approximate surface area is 113 Å². The molecule has 2 rings (SSSR count). The number of piperidine rings is 1. The third-order valence-corrected chi connectivity index (χ3v) is 3.04. The Hall–Kier alpha value is -2.05. The first kappa shape index (κ1) is 14.4. The maximum absolute atomic E-state index is 12.6. The molecule has 1 atom stereocenters. The first-order valence-corrected chi connectivity index (χ1v) is 6.14. The predicted molar refractivity (Wildman–Crippen MR) is 64.9 cm³/mol. The molecule has 2 N–H and O–H groups in total. The largest absolute Gasteiger partial charge is 0.416 e. The highest BCUT2D eigenvalue weighted by Gasteiger charge is 2.31. The van der Waals surface area contributed by atoms with E-state index in [1.54, 1.807) is 0 Å². The van der Waals surface area contributed by atoms with Gasteiger partial charge in [-0.1, -0.05) is 6.07 Å². The number of rotatable bonds is 2. The molecule has 1 aliphatic rings. The number of carbonyl (C=O) groups is 2. The van der Waals surface area contributed by atoms with Gasteiger partial charge in [0.25, 0.3) is 5.91 Å². The van der Waals surface area contributed by atoms with Crippen LogP contribution in [0.5, 0.6) is 0 Å². The van der Waals surface area contributed by atoms with E-state index in [1.807, 2.05) is 0 Å². The first-order chi connectivity index (χ1) is 9.38. The SMILES string of the molecule is O=C(N[C@H]1CCCNC1=O)c1cccc(C(F)(F)F)c1. The number of nitrogens with one attached hydrogen (secondary N) is 2. The molecule has 0 aliphatic carbocycles. The fourth-order valence-electron chi connectivity index (χ4n) is 1.99. The maximum Gasteiger partial charge on any atom is 0.416 e. The van der Waals surface area contributed by atoms with E-state index in [4.69, 9.17) is 0 Å². The molecule has 2 amide bonds. The lowest BCUT2D eigenvalue weighted by molar-refractivity contribution is -0.137. The summed E-state index contributed by atoms with van der Waals surface area (Å²) in [7, 11) is 0. The van der Waals surface area contributed by atoms with E-state index in [0.29, 0.717) is 13.0 Å². The molecule has 1 saturated heterocycles. The number of carbonyl (C=O) groups excluding carboxylic acids is 2. The number of hydrogen-bond acceptors (Lipinski definition) is 2. The smallest absolute Gasteiger partial charge is 0.354 e. The molecule has 1 aromatic rings. The summed E-state index contributed by atoms with van der Waals surface area (Å²) in [6, 6.07) is 3.43. The zero-order valence-corrected chi connectivity index (χ0v) is 10.5. The van der Waals surface area contributed by atoms with Gasteiger partial charge in [-0.25, -0.2) is 0 Å². The number of halogens is 3. The minimum absolute atomic E-state index is 0.113. The molecule has 0 bridgehead atoms. The van der Waals surface area contributed by atoms with Gasteiger partial charge in [-0.05, 0) is 31.0 Å². The van der Waals surface area contributed by atoms with Crippen LogP contribution in [-0.2, 0) is 11.0 Å². The number of benzene rings is 1. The van der Waals surface area contributed by atoms with Crippen molar-refractivity contribution < 1.29 is 22.8 Å². The quantitative estimate of drug-likeness (QED) is 0.869. The fraction of sp³-hybridized carbons (Fsp3) is 0.385. The van der Waals surface area contributed by atoms with Gasteiger partial charge < -0.3 is 10.6 Å². The molecule has 20 heavy (non-hydrogen) atoms. The molecule has 0 spiro atoms. The van der Waals surface area contributed by atoms with Gasteiger partial charge in [-0.15, -0.1) is 0 Å². The minimum atomic E-state index is -4.50. The van der Waals surface area contributed by atoms with Gasteiger partial charge in [0.1, 0.15) is 6.04 Å². The Balaban J connectivity index is 2.11.